The number of hydrogen-bond acceptors (Lipinski definition) is 1. The lowest BCUT2D eigenvalue weighted by Crippen LogP contribution is -2.06. The first kappa shape index (κ1) is 8.62. The summed E-state index contributed by atoms with van der Waals surface area (Å²) in [5, 5.41) is 0. The third-order valence-electron chi connectivity index (χ3n) is 1.44. The predicted molar refractivity (Wildman–Crippen MR) is 49.9 cm³/mol. The lowest BCUT2D eigenvalue weighted by Gasteiger charge is -1.99. The van der Waals surface area contributed by atoms with Crippen molar-refractivity contribution in [1.82, 2.24) is 0 Å². The Kier molecular flexibility index (Phi) is 3.46. The second kappa shape index (κ2) is 4.42. The summed E-state index contributed by atoms with van der Waals surface area (Å²) in [7, 11) is 1.99. The van der Waals surface area contributed by atoms with Gasteiger partial charge in [0.25, 0.3) is 0 Å². The van der Waals surface area contributed by atoms with Crippen molar-refractivity contribution in [1.29, 1.82) is 0 Å². The Bertz CT molecular complexity index is 198. The standard InChI is InChI=1S/C9H13OS/c1-10-8-11(2)9-6-4-3-5-7-9/h3-7H,8H2,1-2H3/q+1. The molecule has 0 spiro atoms. The highest BCUT2D eigenvalue weighted by Crippen LogP contribution is 2.09. The van der Waals surface area contributed by atoms with E-state index in [-0.39, 0.29) is 10.9 Å². The van der Waals surface area contributed by atoms with Crippen LogP contribution in [0.15, 0.2) is 35.2 Å². The van der Waals surface area contributed by atoms with E-state index in [0.29, 0.717) is 0 Å². The molecule has 0 saturated heterocycles. The molecule has 0 bridgehead atoms. The highest BCUT2D eigenvalue weighted by molar-refractivity contribution is 7.96. The van der Waals surface area contributed by atoms with Crippen molar-refractivity contribution in [2.24, 2.45) is 0 Å². The van der Waals surface area contributed by atoms with Gasteiger partial charge < -0.3 is 4.74 Å². The van der Waals surface area contributed by atoms with E-state index < -0.39 is 0 Å². The van der Waals surface area contributed by atoms with Crippen LogP contribution in [0.3, 0.4) is 0 Å². The van der Waals surface area contributed by atoms with Gasteiger partial charge in [0, 0.05) is 18.0 Å². The Hall–Kier alpha value is -0.470. The van der Waals surface area contributed by atoms with E-state index in [4.69, 9.17) is 4.74 Å². The van der Waals surface area contributed by atoms with Crippen LogP contribution < -0.4 is 0 Å². The largest absolute Gasteiger partial charge is 0.339 e. The second-order valence-electron chi connectivity index (χ2n) is 2.36. The van der Waals surface area contributed by atoms with Crippen LogP contribution in [0.25, 0.3) is 0 Å². The minimum absolute atomic E-state index is 0.244. The molecule has 1 unspecified atom stereocenters. The maximum atomic E-state index is 5.07. The summed E-state index contributed by atoms with van der Waals surface area (Å²) in [5.74, 6) is 0.823. The molecule has 0 amide bonds. The molecule has 11 heavy (non-hydrogen) atoms. The summed E-state index contributed by atoms with van der Waals surface area (Å²) in [6.07, 6.45) is 2.19. The van der Waals surface area contributed by atoms with Gasteiger partial charge in [0.1, 0.15) is 6.26 Å². The van der Waals surface area contributed by atoms with Crippen molar-refractivity contribution in [3.05, 3.63) is 30.3 Å². The molecule has 0 heterocycles. The van der Waals surface area contributed by atoms with Crippen molar-refractivity contribution in [2.75, 3.05) is 19.3 Å². The van der Waals surface area contributed by atoms with Gasteiger partial charge in [-0.1, -0.05) is 18.2 Å². The zero-order chi connectivity index (χ0) is 8.10. The van der Waals surface area contributed by atoms with Crippen molar-refractivity contribution in [3.8, 4) is 0 Å². The molecular formula is C9H13OS+. The molecule has 0 N–H and O–H groups in total. The summed E-state index contributed by atoms with van der Waals surface area (Å²) < 4.78 is 5.07. The first-order valence-corrected chi connectivity index (χ1v) is 5.31. The number of hydrogen-bond donors (Lipinski definition) is 0. The van der Waals surface area contributed by atoms with Crippen molar-refractivity contribution in [3.63, 3.8) is 0 Å². The molecule has 1 rings (SSSR count). The van der Waals surface area contributed by atoms with E-state index in [1.54, 1.807) is 7.11 Å². The van der Waals surface area contributed by atoms with Gasteiger partial charge in [-0.05, 0) is 12.1 Å². The van der Waals surface area contributed by atoms with Gasteiger partial charge in [0.05, 0.1) is 0 Å². The molecule has 2 heteroatoms. The van der Waals surface area contributed by atoms with Crippen LogP contribution in [0.2, 0.25) is 0 Å². The zero-order valence-corrected chi connectivity index (χ0v) is 7.73. The van der Waals surface area contributed by atoms with Crippen LogP contribution >= 0.6 is 0 Å². The molecule has 0 aliphatic rings. The molecule has 1 nitrogen and oxygen atoms in total. The van der Waals surface area contributed by atoms with Crippen LogP contribution in [0.1, 0.15) is 0 Å². The average molecular weight is 169 g/mol. The minimum atomic E-state index is 0.244. The normalized spacial score (nSPS) is 12.9. The average Bonchev–Trinajstić information content (AvgIpc) is 2.07. The van der Waals surface area contributed by atoms with Gasteiger partial charge in [-0.3, -0.25) is 0 Å². The van der Waals surface area contributed by atoms with E-state index in [1.165, 1.54) is 4.90 Å². The van der Waals surface area contributed by atoms with Gasteiger partial charge in [0.2, 0.25) is 5.94 Å². The molecule has 0 aliphatic carbocycles. The fourth-order valence-electron chi connectivity index (χ4n) is 0.898. The molecule has 0 fully saturated rings. The van der Waals surface area contributed by atoms with Crippen LogP contribution in [0.5, 0.6) is 0 Å². The highest BCUT2D eigenvalue weighted by atomic mass is 32.2. The van der Waals surface area contributed by atoms with Crippen molar-refractivity contribution >= 4 is 10.9 Å². The fraction of sp³-hybridized carbons (Fsp3) is 0.333. The molecule has 0 radical (unpaired) electrons. The Morgan fingerprint density at radius 3 is 2.45 bits per heavy atom. The molecule has 0 saturated carbocycles. The summed E-state index contributed by atoms with van der Waals surface area (Å²) in [5.41, 5.74) is 0. The quantitative estimate of drug-likeness (QED) is 0.628. The van der Waals surface area contributed by atoms with Gasteiger partial charge in [-0.2, -0.15) is 0 Å². The van der Waals surface area contributed by atoms with Crippen LogP contribution in [0, 0.1) is 0 Å². The minimum Gasteiger partial charge on any atom is -0.339 e. The molecule has 60 valence electrons. The third-order valence-corrected chi connectivity index (χ3v) is 3.11. The first-order chi connectivity index (χ1) is 5.34. The number of rotatable bonds is 3. The third kappa shape index (κ3) is 2.56. The van der Waals surface area contributed by atoms with Gasteiger partial charge in [0.15, 0.2) is 4.90 Å². The van der Waals surface area contributed by atoms with Crippen LogP contribution in [-0.2, 0) is 15.6 Å². The lowest BCUT2D eigenvalue weighted by molar-refractivity contribution is 0.257. The Morgan fingerprint density at radius 1 is 1.27 bits per heavy atom. The second-order valence-corrected chi connectivity index (χ2v) is 4.34. The molecule has 1 aromatic rings. The number of ether oxygens (including phenoxy) is 1. The summed E-state index contributed by atoms with van der Waals surface area (Å²) in [6.45, 7) is 0. The van der Waals surface area contributed by atoms with E-state index in [9.17, 15) is 0 Å². The number of methoxy groups -OCH3 is 1. The van der Waals surface area contributed by atoms with Crippen LogP contribution in [-0.4, -0.2) is 19.3 Å². The Balaban J connectivity index is 2.61. The van der Waals surface area contributed by atoms with Crippen molar-refractivity contribution < 1.29 is 4.74 Å². The van der Waals surface area contributed by atoms with E-state index in [2.05, 4.69) is 30.5 Å². The summed E-state index contributed by atoms with van der Waals surface area (Å²) in [4.78, 5) is 1.37. The zero-order valence-electron chi connectivity index (χ0n) is 6.91. The first-order valence-electron chi connectivity index (χ1n) is 3.51. The molecule has 0 aliphatic heterocycles. The maximum Gasteiger partial charge on any atom is 0.212 e. The monoisotopic (exact) mass is 169 g/mol. The predicted octanol–water partition coefficient (Wildman–Crippen LogP) is 1.90. The smallest absolute Gasteiger partial charge is 0.212 e. The summed E-state index contributed by atoms with van der Waals surface area (Å²) >= 11 is 0. The highest BCUT2D eigenvalue weighted by Gasteiger charge is 2.12. The molecule has 1 atom stereocenters. The fourth-order valence-corrected chi connectivity index (χ4v) is 2.01. The van der Waals surface area contributed by atoms with E-state index in [0.717, 1.165) is 5.94 Å². The van der Waals surface area contributed by atoms with E-state index >= 15 is 0 Å². The van der Waals surface area contributed by atoms with Crippen LogP contribution in [0.4, 0.5) is 0 Å². The van der Waals surface area contributed by atoms with Crippen molar-refractivity contribution in [2.45, 2.75) is 4.90 Å². The molecule has 1 aromatic carbocycles. The molecular weight excluding hydrogens is 156 g/mol. The topological polar surface area (TPSA) is 9.23 Å². The van der Waals surface area contributed by atoms with Gasteiger partial charge in [-0.25, -0.2) is 0 Å². The molecule has 0 aromatic heterocycles. The van der Waals surface area contributed by atoms with E-state index in [1.807, 2.05) is 6.07 Å². The lowest BCUT2D eigenvalue weighted by atomic mass is 10.4. The SMILES string of the molecule is COC[S+](C)c1ccccc1. The summed E-state index contributed by atoms with van der Waals surface area (Å²) in [6, 6.07) is 10.4. The number of benzene rings is 1. The maximum absolute atomic E-state index is 5.07. The Labute approximate surface area is 70.7 Å². The van der Waals surface area contributed by atoms with Gasteiger partial charge in [-0.15, -0.1) is 0 Å². The van der Waals surface area contributed by atoms with Gasteiger partial charge >= 0.3 is 0 Å². The Morgan fingerprint density at radius 2 is 1.91 bits per heavy atom.